The number of aromatic nitrogens is 1. The minimum atomic E-state index is -0.279. The highest BCUT2D eigenvalue weighted by Gasteiger charge is 2.20. The van der Waals surface area contributed by atoms with Crippen molar-refractivity contribution >= 4 is 22.4 Å². The SMILES string of the molecule is COc1cc(OC)c(C(=O)Nc2nc3c(s2)CCCC3)cc1OC. The molecule has 0 unspecified atom stereocenters. The zero-order valence-electron chi connectivity index (χ0n) is 14.0. The first-order valence-electron chi connectivity index (χ1n) is 7.76. The van der Waals surface area contributed by atoms with Gasteiger partial charge in [-0.05, 0) is 25.7 Å². The Kier molecular flexibility index (Phi) is 4.89. The van der Waals surface area contributed by atoms with Crippen LogP contribution in [0.15, 0.2) is 12.1 Å². The van der Waals surface area contributed by atoms with Gasteiger partial charge in [0.25, 0.3) is 5.91 Å². The van der Waals surface area contributed by atoms with E-state index >= 15 is 0 Å². The van der Waals surface area contributed by atoms with Gasteiger partial charge in [-0.2, -0.15) is 0 Å². The fraction of sp³-hybridized carbons (Fsp3) is 0.412. The maximum absolute atomic E-state index is 12.7. The van der Waals surface area contributed by atoms with Crippen LogP contribution in [0.3, 0.4) is 0 Å². The molecule has 1 aliphatic rings. The molecule has 1 N–H and O–H groups in total. The molecule has 0 fully saturated rings. The number of amides is 1. The van der Waals surface area contributed by atoms with Crippen LogP contribution in [0, 0.1) is 0 Å². The summed E-state index contributed by atoms with van der Waals surface area (Å²) in [5.41, 5.74) is 1.49. The van der Waals surface area contributed by atoms with Crippen LogP contribution in [0.1, 0.15) is 33.8 Å². The van der Waals surface area contributed by atoms with Crippen LogP contribution in [-0.2, 0) is 12.8 Å². The first-order chi connectivity index (χ1) is 11.7. The molecule has 1 amide bonds. The third-order valence-corrected chi connectivity index (χ3v) is 5.09. The molecule has 0 radical (unpaired) electrons. The standard InChI is InChI=1S/C17H20N2O4S/c1-21-12-9-14(23-3)13(22-2)8-10(12)16(20)19-17-18-11-6-4-5-7-15(11)24-17/h8-9H,4-7H2,1-3H3,(H,18,19,20). The van der Waals surface area contributed by atoms with Crippen molar-refractivity contribution in [3.8, 4) is 17.2 Å². The number of rotatable bonds is 5. The lowest BCUT2D eigenvalue weighted by molar-refractivity contribution is 0.102. The largest absolute Gasteiger partial charge is 0.496 e. The Labute approximate surface area is 144 Å². The molecule has 0 saturated carbocycles. The molecule has 1 aromatic heterocycles. The number of anilines is 1. The van der Waals surface area contributed by atoms with Crippen molar-refractivity contribution in [1.82, 2.24) is 4.98 Å². The highest BCUT2D eigenvalue weighted by molar-refractivity contribution is 7.15. The summed E-state index contributed by atoms with van der Waals surface area (Å²) in [7, 11) is 4.58. The number of methoxy groups -OCH3 is 3. The molecule has 1 heterocycles. The first-order valence-corrected chi connectivity index (χ1v) is 8.58. The number of hydrogen-bond donors (Lipinski definition) is 1. The van der Waals surface area contributed by atoms with Gasteiger partial charge in [-0.3, -0.25) is 10.1 Å². The summed E-state index contributed by atoms with van der Waals surface area (Å²) < 4.78 is 15.8. The Hall–Kier alpha value is -2.28. The molecule has 1 aromatic carbocycles. The number of ether oxygens (including phenoxy) is 3. The van der Waals surface area contributed by atoms with Gasteiger partial charge in [-0.15, -0.1) is 11.3 Å². The van der Waals surface area contributed by atoms with Gasteiger partial charge in [0.2, 0.25) is 0 Å². The third-order valence-electron chi connectivity index (χ3n) is 4.02. The number of fused-ring (bicyclic) bond motifs is 1. The highest BCUT2D eigenvalue weighted by atomic mass is 32.1. The van der Waals surface area contributed by atoms with Gasteiger partial charge in [-0.1, -0.05) is 0 Å². The van der Waals surface area contributed by atoms with E-state index in [0.29, 0.717) is 27.9 Å². The average molecular weight is 348 g/mol. The maximum atomic E-state index is 12.7. The van der Waals surface area contributed by atoms with Crippen LogP contribution < -0.4 is 19.5 Å². The second-order valence-corrected chi connectivity index (χ2v) is 6.54. The second-order valence-electron chi connectivity index (χ2n) is 5.46. The lowest BCUT2D eigenvalue weighted by atomic mass is 10.0. The fourth-order valence-corrected chi connectivity index (χ4v) is 3.82. The number of thiazole rings is 1. The summed E-state index contributed by atoms with van der Waals surface area (Å²) in [6, 6.07) is 3.25. The molecule has 7 heteroatoms. The zero-order chi connectivity index (χ0) is 17.1. The Morgan fingerprint density at radius 3 is 2.38 bits per heavy atom. The van der Waals surface area contributed by atoms with Crippen molar-refractivity contribution in [2.45, 2.75) is 25.7 Å². The van der Waals surface area contributed by atoms with E-state index in [9.17, 15) is 4.79 Å². The van der Waals surface area contributed by atoms with Gasteiger partial charge in [-0.25, -0.2) is 4.98 Å². The van der Waals surface area contributed by atoms with Crippen LogP contribution in [0.2, 0.25) is 0 Å². The summed E-state index contributed by atoms with van der Waals surface area (Å²) in [6.45, 7) is 0. The Morgan fingerprint density at radius 2 is 1.71 bits per heavy atom. The summed E-state index contributed by atoms with van der Waals surface area (Å²) in [5, 5.41) is 3.50. The predicted octanol–water partition coefficient (Wildman–Crippen LogP) is 3.30. The molecule has 0 saturated heterocycles. The van der Waals surface area contributed by atoms with Crippen molar-refractivity contribution in [2.24, 2.45) is 0 Å². The molecule has 1 aliphatic carbocycles. The van der Waals surface area contributed by atoms with E-state index in [0.717, 1.165) is 25.0 Å². The van der Waals surface area contributed by atoms with Crippen LogP contribution >= 0.6 is 11.3 Å². The Bertz CT molecular complexity index is 734. The topological polar surface area (TPSA) is 69.7 Å². The molecule has 3 rings (SSSR count). The molecule has 0 bridgehead atoms. The first kappa shape index (κ1) is 16.6. The molecular formula is C17H20N2O4S. The average Bonchev–Trinajstić information content (AvgIpc) is 3.02. The normalized spacial score (nSPS) is 13.1. The van der Waals surface area contributed by atoms with E-state index in [1.807, 2.05) is 0 Å². The molecular weight excluding hydrogens is 328 g/mol. The third kappa shape index (κ3) is 3.17. The monoisotopic (exact) mass is 348 g/mol. The Morgan fingerprint density at radius 1 is 1.04 bits per heavy atom. The van der Waals surface area contributed by atoms with E-state index in [-0.39, 0.29) is 5.91 Å². The molecule has 0 atom stereocenters. The zero-order valence-corrected chi connectivity index (χ0v) is 14.8. The fourth-order valence-electron chi connectivity index (χ4n) is 2.78. The predicted molar refractivity (Wildman–Crippen MR) is 92.8 cm³/mol. The van der Waals surface area contributed by atoms with Crippen molar-refractivity contribution in [2.75, 3.05) is 26.6 Å². The second kappa shape index (κ2) is 7.09. The van der Waals surface area contributed by atoms with Gasteiger partial charge in [0.1, 0.15) is 5.75 Å². The van der Waals surface area contributed by atoms with E-state index < -0.39 is 0 Å². The summed E-state index contributed by atoms with van der Waals surface area (Å²) in [5.74, 6) is 1.13. The Balaban J connectivity index is 1.87. The summed E-state index contributed by atoms with van der Waals surface area (Å²) >= 11 is 1.55. The lowest BCUT2D eigenvalue weighted by Gasteiger charge is -2.13. The number of benzene rings is 1. The van der Waals surface area contributed by atoms with Crippen molar-refractivity contribution in [3.63, 3.8) is 0 Å². The number of aryl methyl sites for hydroxylation is 2. The minimum Gasteiger partial charge on any atom is -0.496 e. The van der Waals surface area contributed by atoms with Crippen molar-refractivity contribution < 1.29 is 19.0 Å². The van der Waals surface area contributed by atoms with Crippen molar-refractivity contribution in [3.05, 3.63) is 28.3 Å². The number of carbonyl (C=O) groups excluding carboxylic acids is 1. The number of nitrogens with zero attached hydrogens (tertiary/aromatic N) is 1. The van der Waals surface area contributed by atoms with Gasteiger partial charge in [0.05, 0.1) is 32.6 Å². The van der Waals surface area contributed by atoms with E-state index in [2.05, 4.69) is 10.3 Å². The van der Waals surface area contributed by atoms with E-state index in [4.69, 9.17) is 14.2 Å². The van der Waals surface area contributed by atoms with E-state index in [1.54, 1.807) is 23.5 Å². The summed E-state index contributed by atoms with van der Waals surface area (Å²) in [4.78, 5) is 18.5. The van der Waals surface area contributed by atoms with Crippen LogP contribution in [0.25, 0.3) is 0 Å². The van der Waals surface area contributed by atoms with Gasteiger partial charge in [0.15, 0.2) is 16.6 Å². The molecule has 128 valence electrons. The lowest BCUT2D eigenvalue weighted by Crippen LogP contribution is -2.13. The molecule has 24 heavy (non-hydrogen) atoms. The molecule has 0 spiro atoms. The molecule has 2 aromatic rings. The highest BCUT2D eigenvalue weighted by Crippen LogP contribution is 2.35. The van der Waals surface area contributed by atoms with Gasteiger partial charge in [0, 0.05) is 17.0 Å². The summed E-state index contributed by atoms with van der Waals surface area (Å²) in [6.07, 6.45) is 4.38. The number of nitrogens with one attached hydrogen (secondary N) is 1. The molecule has 0 aliphatic heterocycles. The van der Waals surface area contributed by atoms with Crippen molar-refractivity contribution in [1.29, 1.82) is 0 Å². The number of hydrogen-bond acceptors (Lipinski definition) is 6. The smallest absolute Gasteiger partial charge is 0.261 e. The van der Waals surface area contributed by atoms with Crippen LogP contribution in [0.4, 0.5) is 5.13 Å². The van der Waals surface area contributed by atoms with Gasteiger partial charge < -0.3 is 14.2 Å². The van der Waals surface area contributed by atoms with Gasteiger partial charge >= 0.3 is 0 Å². The maximum Gasteiger partial charge on any atom is 0.261 e. The quantitative estimate of drug-likeness (QED) is 0.898. The number of carbonyl (C=O) groups is 1. The van der Waals surface area contributed by atoms with E-state index in [1.165, 1.54) is 32.6 Å². The minimum absolute atomic E-state index is 0.279. The molecule has 6 nitrogen and oxygen atoms in total. The van der Waals surface area contributed by atoms with Crippen LogP contribution in [-0.4, -0.2) is 32.2 Å². The van der Waals surface area contributed by atoms with Crippen LogP contribution in [0.5, 0.6) is 17.2 Å².